The molecule has 2 saturated heterocycles. The summed E-state index contributed by atoms with van der Waals surface area (Å²) in [6, 6.07) is -0.405. The zero-order valence-electron chi connectivity index (χ0n) is 14.5. The van der Waals surface area contributed by atoms with Gasteiger partial charge in [-0.2, -0.15) is 0 Å². The van der Waals surface area contributed by atoms with Crippen LogP contribution in [0.25, 0.3) is 0 Å². The summed E-state index contributed by atoms with van der Waals surface area (Å²) in [6.45, 7) is 5.38. The van der Waals surface area contributed by atoms with E-state index in [0.29, 0.717) is 26.2 Å². The molecule has 4 amide bonds. The Morgan fingerprint density at radius 2 is 2.17 bits per heavy atom. The van der Waals surface area contributed by atoms with E-state index in [1.165, 1.54) is 0 Å². The molecule has 3 aliphatic rings. The Balaban J connectivity index is 1.72. The van der Waals surface area contributed by atoms with Gasteiger partial charge in [-0.1, -0.05) is 26.7 Å². The molecule has 134 valence electrons. The summed E-state index contributed by atoms with van der Waals surface area (Å²) >= 11 is 0. The van der Waals surface area contributed by atoms with Crippen molar-refractivity contribution in [3.63, 3.8) is 0 Å². The van der Waals surface area contributed by atoms with Crippen molar-refractivity contribution >= 4 is 17.8 Å². The van der Waals surface area contributed by atoms with Crippen molar-refractivity contribution in [3.05, 3.63) is 0 Å². The summed E-state index contributed by atoms with van der Waals surface area (Å²) in [5, 5.41) is 2.89. The third-order valence-corrected chi connectivity index (χ3v) is 5.81. The van der Waals surface area contributed by atoms with Crippen LogP contribution in [0.15, 0.2) is 0 Å². The molecule has 3 rings (SSSR count). The molecule has 2 heterocycles. The molecule has 1 spiro atoms. The number of urea groups is 1. The molecule has 3 fully saturated rings. The summed E-state index contributed by atoms with van der Waals surface area (Å²) in [4.78, 5) is 40.8. The Hall–Kier alpha value is -1.63. The molecule has 0 radical (unpaired) electrons. The van der Waals surface area contributed by atoms with E-state index < -0.39 is 11.6 Å². The Bertz CT molecular complexity index is 538. The lowest BCUT2D eigenvalue weighted by Crippen LogP contribution is -2.55. The Labute approximate surface area is 142 Å². The fourth-order valence-corrected chi connectivity index (χ4v) is 4.19. The molecule has 1 aliphatic carbocycles. The maximum atomic E-state index is 12.9. The topological polar surface area (TPSA) is 79.0 Å². The first-order chi connectivity index (χ1) is 11.5. The molecular weight excluding hydrogens is 310 g/mol. The maximum absolute atomic E-state index is 12.9. The molecule has 3 atom stereocenters. The monoisotopic (exact) mass is 337 g/mol. The largest absolute Gasteiger partial charge is 0.377 e. The van der Waals surface area contributed by atoms with Gasteiger partial charge in [0.15, 0.2) is 0 Å². The molecule has 7 heteroatoms. The van der Waals surface area contributed by atoms with E-state index >= 15 is 0 Å². The van der Waals surface area contributed by atoms with Gasteiger partial charge >= 0.3 is 6.03 Å². The lowest BCUT2D eigenvalue weighted by atomic mass is 9.73. The van der Waals surface area contributed by atoms with Gasteiger partial charge in [0.1, 0.15) is 12.1 Å². The average Bonchev–Trinajstić information content (AvgIpc) is 2.82. The summed E-state index contributed by atoms with van der Waals surface area (Å²) in [6.07, 6.45) is 4.40. The lowest BCUT2D eigenvalue weighted by Gasteiger charge is -2.37. The van der Waals surface area contributed by atoms with Gasteiger partial charge in [0.25, 0.3) is 5.91 Å². The van der Waals surface area contributed by atoms with Gasteiger partial charge in [-0.25, -0.2) is 4.79 Å². The van der Waals surface area contributed by atoms with Gasteiger partial charge in [0.05, 0.1) is 19.3 Å². The molecule has 1 N–H and O–H groups in total. The third kappa shape index (κ3) is 2.79. The predicted molar refractivity (Wildman–Crippen MR) is 87.2 cm³/mol. The predicted octanol–water partition coefficient (Wildman–Crippen LogP) is 1.12. The normalized spacial score (nSPS) is 33.9. The number of hydrogen-bond acceptors (Lipinski definition) is 4. The van der Waals surface area contributed by atoms with Crippen LogP contribution in [-0.2, 0) is 14.3 Å². The van der Waals surface area contributed by atoms with Crippen molar-refractivity contribution < 1.29 is 19.1 Å². The number of amides is 4. The highest BCUT2D eigenvalue weighted by molar-refractivity contribution is 6.09. The number of carbonyl (C=O) groups excluding carboxylic acids is 3. The molecule has 0 unspecified atom stereocenters. The first kappa shape index (κ1) is 17.2. The molecule has 0 aromatic heterocycles. The van der Waals surface area contributed by atoms with Crippen LogP contribution >= 0.6 is 0 Å². The van der Waals surface area contributed by atoms with E-state index in [9.17, 15) is 14.4 Å². The smallest absolute Gasteiger partial charge is 0.325 e. The molecule has 0 bridgehead atoms. The van der Waals surface area contributed by atoms with Gasteiger partial charge < -0.3 is 15.0 Å². The first-order valence-electron chi connectivity index (χ1n) is 9.01. The summed E-state index contributed by atoms with van der Waals surface area (Å²) in [7, 11) is 0. The highest BCUT2D eigenvalue weighted by atomic mass is 16.5. The number of nitrogens with zero attached hydrogens (tertiary/aromatic N) is 2. The number of carbonyl (C=O) groups is 3. The number of morpholine rings is 1. The summed E-state index contributed by atoms with van der Waals surface area (Å²) in [5.41, 5.74) is -0.801. The fourth-order valence-electron chi connectivity index (χ4n) is 4.19. The maximum Gasteiger partial charge on any atom is 0.325 e. The van der Waals surface area contributed by atoms with Crippen molar-refractivity contribution in [1.82, 2.24) is 15.1 Å². The minimum Gasteiger partial charge on any atom is -0.377 e. The van der Waals surface area contributed by atoms with E-state index in [2.05, 4.69) is 5.32 Å². The van der Waals surface area contributed by atoms with Crippen molar-refractivity contribution in [2.24, 2.45) is 5.92 Å². The summed E-state index contributed by atoms with van der Waals surface area (Å²) in [5.74, 6) is -0.293. The standard InChI is InChI=1S/C17H27N3O4/c1-3-13-11-24-9-8-19(13)14(21)10-20-15(22)17(18-16(20)23)7-5-4-6-12(17)2/h12-13H,3-11H2,1-2H3,(H,18,23)/t12-,13-,17+/m1/s1. The molecule has 2 aliphatic heterocycles. The second-order valence-electron chi connectivity index (χ2n) is 7.16. The minimum atomic E-state index is -0.801. The number of ether oxygens (including phenoxy) is 1. The Kier molecular flexibility index (Phi) is 4.80. The van der Waals surface area contributed by atoms with Gasteiger partial charge in [-0.3, -0.25) is 14.5 Å². The van der Waals surface area contributed by atoms with Gasteiger partial charge in [-0.05, 0) is 25.2 Å². The number of nitrogens with one attached hydrogen (secondary N) is 1. The molecule has 0 aromatic carbocycles. The van der Waals surface area contributed by atoms with Crippen LogP contribution in [0.3, 0.4) is 0 Å². The van der Waals surface area contributed by atoms with E-state index in [1.54, 1.807) is 4.90 Å². The van der Waals surface area contributed by atoms with E-state index in [4.69, 9.17) is 4.74 Å². The quantitative estimate of drug-likeness (QED) is 0.783. The van der Waals surface area contributed by atoms with Crippen LogP contribution in [0.2, 0.25) is 0 Å². The van der Waals surface area contributed by atoms with Crippen LogP contribution in [0.4, 0.5) is 4.79 Å². The summed E-state index contributed by atoms with van der Waals surface area (Å²) < 4.78 is 5.42. The van der Waals surface area contributed by atoms with Gasteiger partial charge in [0.2, 0.25) is 5.91 Å². The third-order valence-electron chi connectivity index (χ3n) is 5.81. The van der Waals surface area contributed by atoms with Crippen molar-refractivity contribution in [2.45, 2.75) is 57.5 Å². The van der Waals surface area contributed by atoms with Crippen LogP contribution in [-0.4, -0.2) is 65.5 Å². The lowest BCUT2D eigenvalue weighted by molar-refractivity contribution is -0.145. The van der Waals surface area contributed by atoms with Crippen LogP contribution in [0.1, 0.15) is 46.0 Å². The highest BCUT2D eigenvalue weighted by Crippen LogP contribution is 2.38. The zero-order chi connectivity index (χ0) is 17.3. The van der Waals surface area contributed by atoms with Crippen LogP contribution in [0, 0.1) is 5.92 Å². The van der Waals surface area contributed by atoms with E-state index in [1.807, 2.05) is 13.8 Å². The molecule has 7 nitrogen and oxygen atoms in total. The SMILES string of the molecule is CC[C@@H]1COCCN1C(=O)CN1C(=O)N[C@]2(CCCC[C@H]2C)C1=O. The minimum absolute atomic E-state index is 0.0228. The molecular formula is C17H27N3O4. The fraction of sp³-hybridized carbons (Fsp3) is 0.824. The second kappa shape index (κ2) is 6.70. The first-order valence-corrected chi connectivity index (χ1v) is 9.01. The number of imide groups is 1. The van der Waals surface area contributed by atoms with Gasteiger partial charge in [-0.15, -0.1) is 0 Å². The van der Waals surface area contributed by atoms with Crippen molar-refractivity contribution in [2.75, 3.05) is 26.3 Å². The van der Waals surface area contributed by atoms with Crippen molar-refractivity contribution in [3.8, 4) is 0 Å². The van der Waals surface area contributed by atoms with Crippen LogP contribution < -0.4 is 5.32 Å². The van der Waals surface area contributed by atoms with E-state index in [0.717, 1.165) is 30.6 Å². The molecule has 24 heavy (non-hydrogen) atoms. The van der Waals surface area contributed by atoms with E-state index in [-0.39, 0.29) is 30.3 Å². The second-order valence-corrected chi connectivity index (χ2v) is 7.16. The molecule has 0 aromatic rings. The Morgan fingerprint density at radius 1 is 1.38 bits per heavy atom. The Morgan fingerprint density at radius 3 is 2.88 bits per heavy atom. The van der Waals surface area contributed by atoms with Crippen LogP contribution in [0.5, 0.6) is 0 Å². The number of rotatable bonds is 3. The van der Waals surface area contributed by atoms with Crippen molar-refractivity contribution in [1.29, 1.82) is 0 Å². The highest BCUT2D eigenvalue weighted by Gasteiger charge is 2.55. The average molecular weight is 337 g/mol. The zero-order valence-corrected chi connectivity index (χ0v) is 14.5. The number of hydrogen-bond donors (Lipinski definition) is 1. The molecule has 1 saturated carbocycles. The van der Waals surface area contributed by atoms with Gasteiger partial charge in [0, 0.05) is 6.54 Å².